The van der Waals surface area contributed by atoms with E-state index in [1.54, 1.807) is 25.1 Å². The number of aromatic nitrogens is 1. The number of fused-ring (bicyclic) bond motifs is 1. The van der Waals surface area contributed by atoms with E-state index in [1.165, 1.54) is 0 Å². The predicted octanol–water partition coefficient (Wildman–Crippen LogP) is 1.56. The van der Waals surface area contributed by atoms with Gasteiger partial charge in [-0.05, 0) is 32.0 Å². The zero-order valence-electron chi connectivity index (χ0n) is 9.36. The number of hydrogen-bond donors (Lipinski definition) is 4. The molecule has 0 spiro atoms. The standard InChI is InChI=1S/C12H16N2O2/c1-6(13)12(16)11-7(2)14-10-4-3-8(15)5-9(10)11/h3-6,12,14-16H,13H2,1-2H3. The van der Waals surface area contributed by atoms with E-state index in [2.05, 4.69) is 4.98 Å². The number of H-pyrrole nitrogens is 1. The molecule has 2 atom stereocenters. The van der Waals surface area contributed by atoms with Gasteiger partial charge in [0.25, 0.3) is 0 Å². The molecule has 1 aromatic heterocycles. The summed E-state index contributed by atoms with van der Waals surface area (Å²) in [6.07, 6.45) is -0.726. The SMILES string of the molecule is Cc1[nH]c2ccc(O)cc2c1C(O)C(C)N. The molecule has 1 heterocycles. The van der Waals surface area contributed by atoms with Crippen LogP contribution in [0.5, 0.6) is 5.75 Å². The largest absolute Gasteiger partial charge is 0.508 e. The monoisotopic (exact) mass is 220 g/mol. The normalized spacial score (nSPS) is 15.2. The molecular formula is C12H16N2O2. The number of aromatic hydroxyl groups is 1. The Morgan fingerprint density at radius 2 is 2.06 bits per heavy atom. The third kappa shape index (κ3) is 1.66. The lowest BCUT2D eigenvalue weighted by molar-refractivity contribution is 0.154. The van der Waals surface area contributed by atoms with Crippen LogP contribution in [0.4, 0.5) is 0 Å². The highest BCUT2D eigenvalue weighted by Gasteiger charge is 2.19. The highest BCUT2D eigenvalue weighted by molar-refractivity contribution is 5.86. The van der Waals surface area contributed by atoms with Crippen molar-refractivity contribution in [3.63, 3.8) is 0 Å². The lowest BCUT2D eigenvalue weighted by atomic mass is 10.0. The molecule has 2 unspecified atom stereocenters. The maximum atomic E-state index is 10.0. The number of nitrogens with one attached hydrogen (secondary N) is 1. The number of nitrogens with two attached hydrogens (primary N) is 1. The molecule has 0 aliphatic rings. The summed E-state index contributed by atoms with van der Waals surface area (Å²) in [6.45, 7) is 3.64. The minimum Gasteiger partial charge on any atom is -0.508 e. The summed E-state index contributed by atoms with van der Waals surface area (Å²) < 4.78 is 0. The second-order valence-corrected chi connectivity index (χ2v) is 4.20. The van der Waals surface area contributed by atoms with Gasteiger partial charge in [-0.25, -0.2) is 0 Å². The van der Waals surface area contributed by atoms with Gasteiger partial charge in [0.2, 0.25) is 0 Å². The van der Waals surface area contributed by atoms with E-state index in [9.17, 15) is 10.2 Å². The summed E-state index contributed by atoms with van der Waals surface area (Å²) in [6, 6.07) is 4.69. The number of aliphatic hydroxyl groups is 1. The van der Waals surface area contributed by atoms with Crippen LogP contribution < -0.4 is 5.73 Å². The molecule has 0 bridgehead atoms. The molecule has 0 saturated carbocycles. The van der Waals surface area contributed by atoms with Crippen LogP contribution in [0.3, 0.4) is 0 Å². The average Bonchev–Trinajstić information content (AvgIpc) is 2.52. The summed E-state index contributed by atoms with van der Waals surface area (Å²) in [5.74, 6) is 0.185. The van der Waals surface area contributed by atoms with Crippen LogP contribution >= 0.6 is 0 Å². The van der Waals surface area contributed by atoms with Gasteiger partial charge in [-0.15, -0.1) is 0 Å². The van der Waals surface area contributed by atoms with Crippen molar-refractivity contribution in [1.29, 1.82) is 0 Å². The van der Waals surface area contributed by atoms with E-state index in [-0.39, 0.29) is 11.8 Å². The first kappa shape index (κ1) is 11.0. The van der Waals surface area contributed by atoms with Gasteiger partial charge in [-0.2, -0.15) is 0 Å². The maximum Gasteiger partial charge on any atom is 0.116 e. The summed E-state index contributed by atoms with van der Waals surface area (Å²) >= 11 is 0. The minimum absolute atomic E-state index is 0.185. The van der Waals surface area contributed by atoms with Gasteiger partial charge in [0.05, 0.1) is 6.10 Å². The zero-order valence-corrected chi connectivity index (χ0v) is 9.36. The van der Waals surface area contributed by atoms with Crippen molar-refractivity contribution in [2.45, 2.75) is 26.0 Å². The van der Waals surface area contributed by atoms with Gasteiger partial charge in [0.15, 0.2) is 0 Å². The van der Waals surface area contributed by atoms with Crippen molar-refractivity contribution in [3.8, 4) is 5.75 Å². The molecule has 1 aromatic carbocycles. The highest BCUT2D eigenvalue weighted by Crippen LogP contribution is 2.31. The minimum atomic E-state index is -0.726. The zero-order chi connectivity index (χ0) is 11.9. The molecule has 0 aliphatic carbocycles. The number of rotatable bonds is 2. The van der Waals surface area contributed by atoms with Gasteiger partial charge < -0.3 is 20.9 Å². The van der Waals surface area contributed by atoms with Crippen molar-refractivity contribution >= 4 is 10.9 Å². The second-order valence-electron chi connectivity index (χ2n) is 4.20. The Bertz CT molecular complexity index is 517. The molecule has 86 valence electrons. The molecule has 0 amide bonds. The van der Waals surface area contributed by atoms with Crippen LogP contribution in [0.2, 0.25) is 0 Å². The van der Waals surface area contributed by atoms with Crippen LogP contribution in [0.15, 0.2) is 18.2 Å². The van der Waals surface area contributed by atoms with Crippen molar-refractivity contribution in [2.75, 3.05) is 0 Å². The van der Waals surface area contributed by atoms with Crippen molar-refractivity contribution < 1.29 is 10.2 Å². The number of benzene rings is 1. The van der Waals surface area contributed by atoms with Gasteiger partial charge in [0, 0.05) is 28.2 Å². The van der Waals surface area contributed by atoms with Crippen LogP contribution in [0.1, 0.15) is 24.3 Å². The third-order valence-electron chi connectivity index (χ3n) is 2.81. The van der Waals surface area contributed by atoms with E-state index in [0.717, 1.165) is 22.2 Å². The first-order valence-electron chi connectivity index (χ1n) is 5.25. The molecule has 0 fully saturated rings. The van der Waals surface area contributed by atoms with E-state index >= 15 is 0 Å². The molecule has 0 saturated heterocycles. The van der Waals surface area contributed by atoms with Crippen LogP contribution in [-0.4, -0.2) is 21.2 Å². The highest BCUT2D eigenvalue weighted by atomic mass is 16.3. The smallest absolute Gasteiger partial charge is 0.116 e. The number of phenolic OH excluding ortho intramolecular Hbond substituents is 1. The summed E-state index contributed by atoms with van der Waals surface area (Å²) in [7, 11) is 0. The Hall–Kier alpha value is -1.52. The van der Waals surface area contributed by atoms with E-state index < -0.39 is 6.10 Å². The molecule has 5 N–H and O–H groups in total. The van der Waals surface area contributed by atoms with E-state index in [4.69, 9.17) is 5.73 Å². The molecule has 0 aliphatic heterocycles. The Kier molecular flexibility index (Phi) is 2.61. The average molecular weight is 220 g/mol. The fraction of sp³-hybridized carbons (Fsp3) is 0.333. The third-order valence-corrected chi connectivity index (χ3v) is 2.81. The predicted molar refractivity (Wildman–Crippen MR) is 63.3 cm³/mol. The molecule has 4 heteroatoms. The van der Waals surface area contributed by atoms with Crippen LogP contribution in [0, 0.1) is 6.92 Å². The first-order chi connectivity index (χ1) is 7.50. The fourth-order valence-corrected chi connectivity index (χ4v) is 1.98. The molecule has 0 radical (unpaired) electrons. The second kappa shape index (κ2) is 3.81. The lowest BCUT2D eigenvalue weighted by Crippen LogP contribution is -2.24. The van der Waals surface area contributed by atoms with Crippen molar-refractivity contribution in [1.82, 2.24) is 4.98 Å². The quantitative estimate of drug-likeness (QED) is 0.620. The Balaban J connectivity index is 2.67. The topological polar surface area (TPSA) is 82.3 Å². The van der Waals surface area contributed by atoms with Gasteiger partial charge in [-0.1, -0.05) is 0 Å². The number of aryl methyl sites for hydroxylation is 1. The number of hydrogen-bond acceptors (Lipinski definition) is 3. The molecular weight excluding hydrogens is 204 g/mol. The Morgan fingerprint density at radius 3 is 2.69 bits per heavy atom. The van der Waals surface area contributed by atoms with Gasteiger partial charge in [-0.3, -0.25) is 0 Å². The van der Waals surface area contributed by atoms with E-state index in [1.807, 2.05) is 6.92 Å². The number of aromatic amines is 1. The maximum absolute atomic E-state index is 10.0. The van der Waals surface area contributed by atoms with Crippen molar-refractivity contribution in [2.24, 2.45) is 5.73 Å². The van der Waals surface area contributed by atoms with Gasteiger partial charge >= 0.3 is 0 Å². The summed E-state index contributed by atoms with van der Waals surface area (Å²) in [5.41, 5.74) is 8.24. The summed E-state index contributed by atoms with van der Waals surface area (Å²) in [5, 5.41) is 20.3. The molecule has 2 aromatic rings. The van der Waals surface area contributed by atoms with E-state index in [0.29, 0.717) is 0 Å². The van der Waals surface area contributed by atoms with Crippen LogP contribution in [-0.2, 0) is 0 Å². The Morgan fingerprint density at radius 1 is 1.38 bits per heavy atom. The molecule has 4 nitrogen and oxygen atoms in total. The Labute approximate surface area is 93.7 Å². The number of aliphatic hydroxyl groups excluding tert-OH is 1. The van der Waals surface area contributed by atoms with Crippen molar-refractivity contribution in [3.05, 3.63) is 29.5 Å². The van der Waals surface area contributed by atoms with Crippen LogP contribution in [0.25, 0.3) is 10.9 Å². The number of phenols is 1. The first-order valence-corrected chi connectivity index (χ1v) is 5.25. The molecule has 16 heavy (non-hydrogen) atoms. The van der Waals surface area contributed by atoms with Gasteiger partial charge in [0.1, 0.15) is 5.75 Å². The summed E-state index contributed by atoms with van der Waals surface area (Å²) in [4.78, 5) is 3.16. The fourth-order valence-electron chi connectivity index (χ4n) is 1.98. The lowest BCUT2D eigenvalue weighted by Gasteiger charge is -2.15. The molecule has 2 rings (SSSR count).